The van der Waals surface area contributed by atoms with Crippen molar-refractivity contribution < 1.29 is 4.74 Å². The van der Waals surface area contributed by atoms with E-state index in [0.29, 0.717) is 6.54 Å². The first-order valence-corrected chi connectivity index (χ1v) is 11.0. The lowest BCUT2D eigenvalue weighted by Gasteiger charge is -2.28. The fraction of sp³-hybridized carbons (Fsp3) is 0.409. The fourth-order valence-corrected chi connectivity index (χ4v) is 3.98. The molecule has 1 fully saturated rings. The Labute approximate surface area is 195 Å². The third-order valence-corrected chi connectivity index (χ3v) is 5.64. The number of ether oxygens (including phenoxy) is 1. The summed E-state index contributed by atoms with van der Waals surface area (Å²) in [6.07, 6.45) is 0. The van der Waals surface area contributed by atoms with Crippen LogP contribution in [0.5, 0.6) is 5.75 Å². The zero-order chi connectivity index (χ0) is 19.6. The summed E-state index contributed by atoms with van der Waals surface area (Å²) in [5.41, 5.74) is 3.73. The predicted molar refractivity (Wildman–Crippen MR) is 136 cm³/mol. The Morgan fingerprint density at radius 3 is 2.28 bits per heavy atom. The van der Waals surface area contributed by atoms with Gasteiger partial charge in [-0.3, -0.25) is 0 Å². The number of aliphatic imine (C=N–C) groups is 1. The molecule has 158 valence electrons. The molecule has 0 atom stereocenters. The van der Waals surface area contributed by atoms with Gasteiger partial charge in [0.1, 0.15) is 5.75 Å². The highest BCUT2D eigenvalue weighted by atomic mass is 127. The van der Waals surface area contributed by atoms with Crippen LogP contribution in [0.4, 0.5) is 5.69 Å². The molecule has 0 amide bonds. The largest absolute Gasteiger partial charge is 0.497 e. The second-order valence-corrected chi connectivity index (χ2v) is 7.89. The van der Waals surface area contributed by atoms with Crippen LogP contribution >= 0.6 is 35.7 Å². The molecule has 2 aromatic carbocycles. The van der Waals surface area contributed by atoms with Gasteiger partial charge < -0.3 is 20.3 Å². The standard InChI is InChI=1S/C22H30N4OS.HI/c1-3-23-22(25-17-19-6-10-21(27-2)11-7-19)24-16-18-4-8-20(9-5-18)26-12-14-28-15-13-26;/h4-11H,3,12-17H2,1-2H3,(H2,23,24,25);1H. The molecule has 1 aliphatic rings. The lowest BCUT2D eigenvalue weighted by molar-refractivity contribution is 0.414. The Kier molecular flexibility index (Phi) is 10.5. The van der Waals surface area contributed by atoms with Gasteiger partial charge in [-0.1, -0.05) is 24.3 Å². The van der Waals surface area contributed by atoms with Gasteiger partial charge in [0.15, 0.2) is 5.96 Å². The van der Waals surface area contributed by atoms with Gasteiger partial charge in [-0.25, -0.2) is 4.99 Å². The number of rotatable bonds is 7. The third kappa shape index (κ3) is 7.62. The lowest BCUT2D eigenvalue weighted by atomic mass is 10.2. The summed E-state index contributed by atoms with van der Waals surface area (Å²) < 4.78 is 5.20. The van der Waals surface area contributed by atoms with E-state index in [1.807, 2.05) is 36.0 Å². The van der Waals surface area contributed by atoms with E-state index >= 15 is 0 Å². The Hall–Kier alpha value is -1.61. The Balaban J connectivity index is 0.00000300. The molecule has 0 aliphatic carbocycles. The van der Waals surface area contributed by atoms with Crippen LogP contribution in [0.3, 0.4) is 0 Å². The lowest BCUT2D eigenvalue weighted by Crippen LogP contribution is -2.36. The van der Waals surface area contributed by atoms with Gasteiger partial charge in [0.25, 0.3) is 0 Å². The fourth-order valence-electron chi connectivity index (χ4n) is 3.07. The highest BCUT2D eigenvalue weighted by Gasteiger charge is 2.10. The number of anilines is 1. The smallest absolute Gasteiger partial charge is 0.191 e. The number of benzene rings is 2. The van der Waals surface area contributed by atoms with Crippen LogP contribution in [0.1, 0.15) is 18.1 Å². The van der Waals surface area contributed by atoms with E-state index in [4.69, 9.17) is 4.74 Å². The van der Waals surface area contributed by atoms with Crippen molar-refractivity contribution >= 4 is 47.4 Å². The number of thioether (sulfide) groups is 1. The van der Waals surface area contributed by atoms with E-state index in [-0.39, 0.29) is 24.0 Å². The number of halogens is 1. The molecule has 29 heavy (non-hydrogen) atoms. The molecule has 0 unspecified atom stereocenters. The van der Waals surface area contributed by atoms with Crippen LogP contribution < -0.4 is 20.3 Å². The quantitative estimate of drug-likeness (QED) is 0.323. The Morgan fingerprint density at radius 1 is 1.00 bits per heavy atom. The van der Waals surface area contributed by atoms with Crippen molar-refractivity contribution in [2.24, 2.45) is 4.99 Å². The van der Waals surface area contributed by atoms with E-state index in [2.05, 4.69) is 51.7 Å². The summed E-state index contributed by atoms with van der Waals surface area (Å²) in [6.45, 7) is 6.59. The first-order chi connectivity index (χ1) is 13.8. The van der Waals surface area contributed by atoms with Crippen LogP contribution in [0.2, 0.25) is 0 Å². The van der Waals surface area contributed by atoms with E-state index in [0.717, 1.165) is 43.5 Å². The molecule has 1 aliphatic heterocycles. The summed E-state index contributed by atoms with van der Waals surface area (Å²) in [5.74, 6) is 4.14. The maximum Gasteiger partial charge on any atom is 0.191 e. The predicted octanol–water partition coefficient (Wildman–Crippen LogP) is 4.12. The minimum atomic E-state index is 0. The van der Waals surface area contributed by atoms with E-state index in [9.17, 15) is 0 Å². The summed E-state index contributed by atoms with van der Waals surface area (Å²) >= 11 is 2.04. The van der Waals surface area contributed by atoms with E-state index < -0.39 is 0 Å². The highest BCUT2D eigenvalue weighted by molar-refractivity contribution is 14.0. The summed E-state index contributed by atoms with van der Waals surface area (Å²) in [6, 6.07) is 16.9. The molecule has 5 nitrogen and oxygen atoms in total. The van der Waals surface area contributed by atoms with Crippen molar-refractivity contribution in [3.63, 3.8) is 0 Å². The second kappa shape index (κ2) is 12.8. The number of guanidine groups is 1. The minimum Gasteiger partial charge on any atom is -0.497 e. The monoisotopic (exact) mass is 526 g/mol. The topological polar surface area (TPSA) is 48.9 Å². The minimum absolute atomic E-state index is 0. The molecule has 1 saturated heterocycles. The van der Waals surface area contributed by atoms with Crippen molar-refractivity contribution in [2.45, 2.75) is 20.0 Å². The van der Waals surface area contributed by atoms with Crippen LogP contribution in [0.15, 0.2) is 53.5 Å². The molecule has 3 rings (SSSR count). The van der Waals surface area contributed by atoms with Crippen molar-refractivity contribution in [3.05, 3.63) is 59.7 Å². The normalized spacial score (nSPS) is 14.1. The van der Waals surface area contributed by atoms with Crippen LogP contribution in [-0.2, 0) is 13.1 Å². The summed E-state index contributed by atoms with van der Waals surface area (Å²) in [4.78, 5) is 7.15. The van der Waals surface area contributed by atoms with Gasteiger partial charge in [-0.15, -0.1) is 24.0 Å². The molecule has 0 bridgehead atoms. The van der Waals surface area contributed by atoms with Crippen molar-refractivity contribution in [1.82, 2.24) is 10.6 Å². The number of hydrogen-bond donors (Lipinski definition) is 2. The van der Waals surface area contributed by atoms with Gasteiger partial charge in [0.05, 0.1) is 13.7 Å². The SMILES string of the molecule is CCNC(=NCc1ccc(OC)cc1)NCc1ccc(N2CCSCC2)cc1.I. The molecule has 1 heterocycles. The molecule has 0 aromatic heterocycles. The summed E-state index contributed by atoms with van der Waals surface area (Å²) in [5, 5.41) is 6.74. The first kappa shape index (κ1) is 23.7. The second-order valence-electron chi connectivity index (χ2n) is 6.66. The molecular formula is C22H31IN4OS. The molecule has 0 radical (unpaired) electrons. The molecular weight excluding hydrogens is 495 g/mol. The Morgan fingerprint density at radius 2 is 1.66 bits per heavy atom. The maximum atomic E-state index is 5.20. The van der Waals surface area contributed by atoms with Gasteiger partial charge in [0, 0.05) is 43.4 Å². The van der Waals surface area contributed by atoms with Gasteiger partial charge in [0.2, 0.25) is 0 Å². The molecule has 2 aromatic rings. The van der Waals surface area contributed by atoms with Crippen molar-refractivity contribution in [3.8, 4) is 5.75 Å². The van der Waals surface area contributed by atoms with Crippen molar-refractivity contribution in [2.75, 3.05) is 43.1 Å². The van der Waals surface area contributed by atoms with E-state index in [1.165, 1.54) is 22.8 Å². The molecule has 0 spiro atoms. The van der Waals surface area contributed by atoms with Gasteiger partial charge in [-0.2, -0.15) is 11.8 Å². The zero-order valence-electron chi connectivity index (χ0n) is 17.2. The number of nitrogens with zero attached hydrogens (tertiary/aromatic N) is 2. The average Bonchev–Trinajstić information content (AvgIpc) is 2.77. The highest BCUT2D eigenvalue weighted by Crippen LogP contribution is 2.19. The zero-order valence-corrected chi connectivity index (χ0v) is 20.3. The van der Waals surface area contributed by atoms with Crippen LogP contribution in [0, 0.1) is 0 Å². The van der Waals surface area contributed by atoms with Gasteiger partial charge >= 0.3 is 0 Å². The van der Waals surface area contributed by atoms with E-state index in [1.54, 1.807) is 7.11 Å². The molecule has 7 heteroatoms. The average molecular weight is 526 g/mol. The number of hydrogen-bond acceptors (Lipinski definition) is 4. The first-order valence-electron chi connectivity index (χ1n) is 9.85. The van der Waals surface area contributed by atoms with Crippen LogP contribution in [-0.4, -0.2) is 44.2 Å². The third-order valence-electron chi connectivity index (χ3n) is 4.70. The molecule has 0 saturated carbocycles. The van der Waals surface area contributed by atoms with Gasteiger partial charge in [-0.05, 0) is 42.3 Å². The Bertz CT molecular complexity index is 746. The molecule has 2 N–H and O–H groups in total. The van der Waals surface area contributed by atoms with Crippen molar-refractivity contribution in [1.29, 1.82) is 0 Å². The summed E-state index contributed by atoms with van der Waals surface area (Å²) in [7, 11) is 1.68. The maximum absolute atomic E-state index is 5.20. The number of methoxy groups -OCH3 is 1. The number of nitrogens with one attached hydrogen (secondary N) is 2. The van der Waals surface area contributed by atoms with Crippen LogP contribution in [0.25, 0.3) is 0 Å².